The number of aryl methyl sites for hydroxylation is 1. The number of methoxy groups -OCH3 is 2. The van der Waals surface area contributed by atoms with Gasteiger partial charge in [-0.05, 0) is 48.3 Å². The minimum absolute atomic E-state index is 0.190. The molecule has 8 nitrogen and oxygen atoms in total. The van der Waals surface area contributed by atoms with Crippen LogP contribution in [-0.4, -0.2) is 42.6 Å². The fourth-order valence-corrected chi connectivity index (χ4v) is 3.64. The Morgan fingerprint density at radius 2 is 1.88 bits per heavy atom. The second kappa shape index (κ2) is 11.3. The molecule has 0 bridgehead atoms. The highest BCUT2D eigenvalue weighted by Gasteiger charge is 2.11. The van der Waals surface area contributed by atoms with Gasteiger partial charge in [0.1, 0.15) is 0 Å². The van der Waals surface area contributed by atoms with Gasteiger partial charge < -0.3 is 25.4 Å². The summed E-state index contributed by atoms with van der Waals surface area (Å²) in [6.45, 7) is 4.06. The van der Waals surface area contributed by atoms with Crippen molar-refractivity contribution < 1.29 is 9.47 Å². The van der Waals surface area contributed by atoms with E-state index in [2.05, 4.69) is 39.1 Å². The van der Waals surface area contributed by atoms with Crippen LogP contribution in [0.1, 0.15) is 24.5 Å². The molecule has 9 heteroatoms. The maximum Gasteiger partial charge on any atom is 0.272 e. The highest BCUT2D eigenvalue weighted by molar-refractivity contribution is 7.80. The van der Waals surface area contributed by atoms with Crippen LogP contribution < -0.4 is 31.0 Å². The zero-order valence-electron chi connectivity index (χ0n) is 18.6. The number of nitrogens with zero attached hydrogens (tertiary/aromatic N) is 1. The Bertz CT molecular complexity index is 1110. The largest absolute Gasteiger partial charge is 0.493 e. The van der Waals surface area contributed by atoms with Gasteiger partial charge in [0.25, 0.3) is 5.56 Å². The van der Waals surface area contributed by atoms with Gasteiger partial charge in [0.2, 0.25) is 0 Å². The Balaban J connectivity index is 1.45. The van der Waals surface area contributed by atoms with Crippen molar-refractivity contribution in [2.45, 2.75) is 26.3 Å². The quantitative estimate of drug-likeness (QED) is 0.274. The Morgan fingerprint density at radius 3 is 2.59 bits per heavy atom. The van der Waals surface area contributed by atoms with E-state index in [4.69, 9.17) is 21.7 Å². The lowest BCUT2D eigenvalue weighted by Gasteiger charge is -2.15. The van der Waals surface area contributed by atoms with Crippen molar-refractivity contribution in [3.63, 3.8) is 0 Å². The highest BCUT2D eigenvalue weighted by atomic mass is 32.1. The van der Waals surface area contributed by atoms with Gasteiger partial charge >= 0.3 is 0 Å². The molecule has 0 saturated carbocycles. The van der Waals surface area contributed by atoms with E-state index in [-0.39, 0.29) is 5.56 Å². The summed E-state index contributed by atoms with van der Waals surface area (Å²) < 4.78 is 10.9. The van der Waals surface area contributed by atoms with E-state index < -0.39 is 0 Å². The summed E-state index contributed by atoms with van der Waals surface area (Å²) in [7, 11) is 3.29. The van der Waals surface area contributed by atoms with Crippen molar-refractivity contribution in [1.29, 1.82) is 0 Å². The van der Waals surface area contributed by atoms with E-state index in [1.807, 2.05) is 24.3 Å². The third-order valence-corrected chi connectivity index (χ3v) is 5.37. The lowest BCUT2D eigenvalue weighted by molar-refractivity contribution is 0.351. The van der Waals surface area contributed by atoms with Crippen LogP contribution in [-0.2, 0) is 13.0 Å². The summed E-state index contributed by atoms with van der Waals surface area (Å²) in [4.78, 5) is 11.9. The van der Waals surface area contributed by atoms with Crippen LogP contribution in [0.25, 0.3) is 10.8 Å². The van der Waals surface area contributed by atoms with Crippen LogP contribution in [0.4, 0.5) is 5.82 Å². The van der Waals surface area contributed by atoms with Crippen molar-refractivity contribution in [3.8, 4) is 11.5 Å². The monoisotopic (exact) mass is 455 g/mol. The second-order valence-corrected chi connectivity index (χ2v) is 7.59. The Labute approximate surface area is 192 Å². The number of aromatic amines is 1. The van der Waals surface area contributed by atoms with Crippen molar-refractivity contribution in [2.75, 3.05) is 32.6 Å². The van der Waals surface area contributed by atoms with Crippen LogP contribution >= 0.6 is 12.2 Å². The zero-order chi connectivity index (χ0) is 22.9. The molecular formula is C23H29N5O3S. The van der Waals surface area contributed by atoms with Gasteiger partial charge in [-0.2, -0.15) is 5.10 Å². The average Bonchev–Trinajstić information content (AvgIpc) is 2.83. The Kier molecular flexibility index (Phi) is 8.27. The molecular weight excluding hydrogens is 426 g/mol. The van der Waals surface area contributed by atoms with Crippen LogP contribution in [0.2, 0.25) is 0 Å². The molecule has 1 aromatic heterocycles. The number of hydrogen-bond donors (Lipinski definition) is 4. The molecule has 0 radical (unpaired) electrons. The average molecular weight is 456 g/mol. The first-order valence-corrected chi connectivity index (χ1v) is 10.9. The smallest absolute Gasteiger partial charge is 0.272 e. The number of nitrogens with one attached hydrogen (secondary N) is 4. The topological polar surface area (TPSA) is 100 Å². The molecule has 0 atom stereocenters. The van der Waals surface area contributed by atoms with Gasteiger partial charge in [0.15, 0.2) is 22.4 Å². The lowest BCUT2D eigenvalue weighted by Crippen LogP contribution is -2.35. The summed E-state index contributed by atoms with van der Waals surface area (Å²) in [5.41, 5.74) is 1.98. The predicted molar refractivity (Wildman–Crippen MR) is 132 cm³/mol. The molecule has 0 spiro atoms. The van der Waals surface area contributed by atoms with Crippen molar-refractivity contribution >= 4 is 33.9 Å². The summed E-state index contributed by atoms with van der Waals surface area (Å²) in [5, 5.41) is 18.4. The lowest BCUT2D eigenvalue weighted by atomic mass is 10.1. The minimum atomic E-state index is -0.190. The van der Waals surface area contributed by atoms with E-state index >= 15 is 0 Å². The maximum atomic E-state index is 11.9. The number of anilines is 1. The molecule has 3 rings (SSSR count). The van der Waals surface area contributed by atoms with Crippen molar-refractivity contribution in [2.24, 2.45) is 0 Å². The molecule has 3 aromatic rings. The number of hydrogen-bond acceptors (Lipinski definition) is 6. The zero-order valence-corrected chi connectivity index (χ0v) is 19.4. The van der Waals surface area contributed by atoms with E-state index in [1.165, 1.54) is 0 Å². The first-order chi connectivity index (χ1) is 15.6. The predicted octanol–water partition coefficient (Wildman–Crippen LogP) is 2.97. The normalized spacial score (nSPS) is 10.6. The van der Waals surface area contributed by atoms with Gasteiger partial charge in [-0.15, -0.1) is 0 Å². The molecule has 32 heavy (non-hydrogen) atoms. The van der Waals surface area contributed by atoms with Gasteiger partial charge in [0.05, 0.1) is 19.6 Å². The van der Waals surface area contributed by atoms with Crippen LogP contribution in [0.3, 0.4) is 0 Å². The molecule has 0 aliphatic heterocycles. The van der Waals surface area contributed by atoms with Crippen LogP contribution in [0, 0.1) is 0 Å². The third-order valence-electron chi connectivity index (χ3n) is 5.08. The highest BCUT2D eigenvalue weighted by Crippen LogP contribution is 2.32. The first kappa shape index (κ1) is 23.3. The fourth-order valence-electron chi connectivity index (χ4n) is 3.46. The molecule has 0 fully saturated rings. The molecule has 0 aliphatic carbocycles. The van der Waals surface area contributed by atoms with Crippen LogP contribution in [0.15, 0.2) is 41.2 Å². The van der Waals surface area contributed by atoms with Crippen molar-refractivity contribution in [3.05, 3.63) is 57.9 Å². The van der Waals surface area contributed by atoms with Gasteiger partial charge in [-0.25, -0.2) is 5.10 Å². The van der Waals surface area contributed by atoms with E-state index in [1.54, 1.807) is 20.3 Å². The van der Waals surface area contributed by atoms with E-state index in [0.717, 1.165) is 40.9 Å². The second-order valence-electron chi connectivity index (χ2n) is 7.18. The minimum Gasteiger partial charge on any atom is -0.493 e. The summed E-state index contributed by atoms with van der Waals surface area (Å²) in [6.07, 6.45) is 1.68. The molecule has 0 saturated heterocycles. The van der Waals surface area contributed by atoms with Crippen LogP contribution in [0.5, 0.6) is 11.5 Å². The number of ether oxygens (including phenoxy) is 2. The molecule has 2 aromatic carbocycles. The third kappa shape index (κ3) is 5.67. The Hall–Kier alpha value is -3.33. The maximum absolute atomic E-state index is 11.9. The molecule has 0 amide bonds. The fraction of sp³-hybridized carbons (Fsp3) is 0.348. The molecule has 170 valence electrons. The van der Waals surface area contributed by atoms with Gasteiger partial charge in [-0.3, -0.25) is 4.79 Å². The number of benzene rings is 2. The van der Waals surface area contributed by atoms with Crippen molar-refractivity contribution in [1.82, 2.24) is 20.8 Å². The number of fused-ring (bicyclic) bond motifs is 1. The van der Waals surface area contributed by atoms with Gasteiger partial charge in [0, 0.05) is 25.0 Å². The number of H-pyrrole nitrogens is 1. The van der Waals surface area contributed by atoms with E-state index in [9.17, 15) is 4.79 Å². The molecule has 4 N–H and O–H groups in total. The van der Waals surface area contributed by atoms with E-state index in [0.29, 0.717) is 36.0 Å². The Morgan fingerprint density at radius 1 is 1.09 bits per heavy atom. The molecule has 1 heterocycles. The number of thiocarbonyl (C=S) groups is 1. The summed E-state index contributed by atoms with van der Waals surface area (Å²) >= 11 is 5.39. The number of aromatic nitrogens is 2. The molecule has 0 aliphatic rings. The molecule has 0 unspecified atom stereocenters. The SMILES string of the molecule is CCc1cc(CNC(=S)NCCCNc2n[nH]c(=O)c3ccccc23)cc(OC)c1OC. The number of rotatable bonds is 10. The summed E-state index contributed by atoms with van der Waals surface area (Å²) in [5.74, 6) is 2.16. The first-order valence-electron chi connectivity index (χ1n) is 10.5. The summed E-state index contributed by atoms with van der Waals surface area (Å²) in [6, 6.07) is 11.5. The van der Waals surface area contributed by atoms with Gasteiger partial charge in [-0.1, -0.05) is 31.2 Å². The standard InChI is InChI=1S/C23H29N5O3S/c1-4-16-12-15(13-19(30-2)20(16)31-3)14-26-23(32)25-11-7-10-24-21-17-8-5-6-9-18(17)22(29)28-27-21/h5-6,8-9,12-13H,4,7,10-11,14H2,1-3H3,(H,24,27)(H,28,29)(H2,25,26,32).